The van der Waals surface area contributed by atoms with Crippen LogP contribution in [0.4, 0.5) is 11.5 Å². The zero-order valence-electron chi connectivity index (χ0n) is 10.1. The summed E-state index contributed by atoms with van der Waals surface area (Å²) in [5.74, 6) is 0.808. The normalized spacial score (nSPS) is 10.4. The van der Waals surface area contributed by atoms with E-state index in [0.29, 0.717) is 4.99 Å². The molecule has 0 atom stereocenters. The Morgan fingerprint density at radius 2 is 2.00 bits per heavy atom. The third kappa shape index (κ3) is 2.54. The number of aromatic nitrogens is 2. The van der Waals surface area contributed by atoms with Crippen molar-refractivity contribution in [2.45, 2.75) is 6.92 Å². The third-order valence-electron chi connectivity index (χ3n) is 2.58. The second-order valence-electron chi connectivity index (χ2n) is 3.93. The summed E-state index contributed by atoms with van der Waals surface area (Å²) in [4.78, 5) is 0.347. The number of nitrogens with two attached hydrogens (primary N) is 1. The first-order valence-electron chi connectivity index (χ1n) is 5.35. The van der Waals surface area contributed by atoms with Crippen LogP contribution >= 0.6 is 28.1 Å². The largest absolute Gasteiger partial charge is 0.389 e. The van der Waals surface area contributed by atoms with Crippen LogP contribution in [0.25, 0.3) is 0 Å². The van der Waals surface area contributed by atoms with E-state index in [2.05, 4.69) is 26.3 Å². The summed E-state index contributed by atoms with van der Waals surface area (Å²) in [6.45, 7) is 1.89. The first-order valence-corrected chi connectivity index (χ1v) is 6.55. The zero-order chi connectivity index (χ0) is 13.3. The Bertz CT molecular complexity index is 589. The molecule has 0 amide bonds. The van der Waals surface area contributed by atoms with Gasteiger partial charge in [-0.15, -0.1) is 0 Å². The average molecular weight is 325 g/mol. The van der Waals surface area contributed by atoms with Crippen LogP contribution in [0.15, 0.2) is 28.7 Å². The van der Waals surface area contributed by atoms with Crippen molar-refractivity contribution in [1.82, 2.24) is 9.78 Å². The maximum Gasteiger partial charge on any atom is 0.138 e. The van der Waals surface area contributed by atoms with Gasteiger partial charge < -0.3 is 11.1 Å². The summed E-state index contributed by atoms with van der Waals surface area (Å²) in [6.07, 6.45) is 0. The number of rotatable bonds is 3. The SMILES string of the molecule is Cc1nn(C)c(Nc2ccc(Br)cc2)c1C(N)=S. The van der Waals surface area contributed by atoms with Gasteiger partial charge in [-0.2, -0.15) is 5.10 Å². The molecule has 1 heterocycles. The van der Waals surface area contributed by atoms with E-state index in [1.165, 1.54) is 0 Å². The molecule has 0 unspecified atom stereocenters. The van der Waals surface area contributed by atoms with Gasteiger partial charge in [0, 0.05) is 17.2 Å². The summed E-state index contributed by atoms with van der Waals surface area (Å²) in [7, 11) is 1.86. The molecule has 2 rings (SSSR count). The number of nitrogens with zero attached hydrogens (tertiary/aromatic N) is 2. The van der Waals surface area contributed by atoms with Crippen LogP contribution < -0.4 is 11.1 Å². The zero-order valence-corrected chi connectivity index (χ0v) is 12.5. The molecule has 1 aromatic heterocycles. The number of halogens is 1. The predicted molar refractivity (Wildman–Crippen MR) is 81.3 cm³/mol. The fourth-order valence-corrected chi connectivity index (χ4v) is 2.28. The minimum atomic E-state index is 0.347. The molecule has 6 heteroatoms. The van der Waals surface area contributed by atoms with Crippen LogP contribution in [0.1, 0.15) is 11.3 Å². The van der Waals surface area contributed by atoms with Crippen LogP contribution in [0.2, 0.25) is 0 Å². The van der Waals surface area contributed by atoms with Crippen LogP contribution in [0, 0.1) is 6.92 Å². The maximum absolute atomic E-state index is 5.74. The van der Waals surface area contributed by atoms with Crippen molar-refractivity contribution in [1.29, 1.82) is 0 Å². The minimum Gasteiger partial charge on any atom is -0.389 e. The van der Waals surface area contributed by atoms with E-state index in [1.54, 1.807) is 4.68 Å². The van der Waals surface area contributed by atoms with Crippen molar-refractivity contribution < 1.29 is 0 Å². The highest BCUT2D eigenvalue weighted by atomic mass is 79.9. The molecule has 0 spiro atoms. The number of nitrogens with one attached hydrogen (secondary N) is 1. The highest BCUT2D eigenvalue weighted by Gasteiger charge is 2.15. The second-order valence-corrected chi connectivity index (χ2v) is 5.28. The summed E-state index contributed by atoms with van der Waals surface area (Å²) in [5, 5.41) is 7.61. The molecule has 18 heavy (non-hydrogen) atoms. The van der Waals surface area contributed by atoms with Crippen molar-refractivity contribution in [3.8, 4) is 0 Å². The van der Waals surface area contributed by atoms with Gasteiger partial charge in [0.15, 0.2) is 0 Å². The molecule has 0 saturated heterocycles. The van der Waals surface area contributed by atoms with E-state index >= 15 is 0 Å². The Balaban J connectivity index is 2.39. The summed E-state index contributed by atoms with van der Waals surface area (Å²) in [6, 6.07) is 7.86. The Morgan fingerprint density at radius 3 is 2.56 bits per heavy atom. The predicted octanol–water partition coefficient (Wildman–Crippen LogP) is 2.87. The lowest BCUT2D eigenvalue weighted by atomic mass is 10.2. The number of hydrogen-bond acceptors (Lipinski definition) is 3. The van der Waals surface area contributed by atoms with E-state index in [0.717, 1.165) is 27.2 Å². The highest BCUT2D eigenvalue weighted by molar-refractivity contribution is 9.10. The quantitative estimate of drug-likeness (QED) is 0.852. The average Bonchev–Trinajstić information content (AvgIpc) is 2.57. The van der Waals surface area contributed by atoms with E-state index in [4.69, 9.17) is 18.0 Å². The minimum absolute atomic E-state index is 0.347. The van der Waals surface area contributed by atoms with Crippen molar-refractivity contribution in [2.24, 2.45) is 12.8 Å². The highest BCUT2D eigenvalue weighted by Crippen LogP contribution is 2.24. The van der Waals surface area contributed by atoms with Gasteiger partial charge in [-0.05, 0) is 31.2 Å². The van der Waals surface area contributed by atoms with Gasteiger partial charge in [-0.1, -0.05) is 28.1 Å². The topological polar surface area (TPSA) is 55.9 Å². The lowest BCUT2D eigenvalue weighted by Gasteiger charge is -2.09. The summed E-state index contributed by atoms with van der Waals surface area (Å²) < 4.78 is 2.77. The second kappa shape index (κ2) is 5.07. The first-order chi connectivity index (χ1) is 8.49. The van der Waals surface area contributed by atoms with Crippen LogP contribution in [0.5, 0.6) is 0 Å². The molecule has 0 aliphatic rings. The smallest absolute Gasteiger partial charge is 0.138 e. The van der Waals surface area contributed by atoms with Gasteiger partial charge in [0.05, 0.1) is 11.3 Å². The van der Waals surface area contributed by atoms with E-state index in [1.807, 2.05) is 38.2 Å². The van der Waals surface area contributed by atoms with Gasteiger partial charge in [0.25, 0.3) is 0 Å². The molecular weight excluding hydrogens is 312 g/mol. The molecule has 94 valence electrons. The van der Waals surface area contributed by atoms with E-state index in [-0.39, 0.29) is 0 Å². The first kappa shape index (κ1) is 13.0. The maximum atomic E-state index is 5.74. The van der Waals surface area contributed by atoms with Crippen molar-refractivity contribution >= 4 is 44.6 Å². The van der Waals surface area contributed by atoms with Gasteiger partial charge in [0.1, 0.15) is 10.8 Å². The Morgan fingerprint density at radius 1 is 1.39 bits per heavy atom. The third-order valence-corrected chi connectivity index (χ3v) is 3.31. The molecule has 2 aromatic rings. The summed E-state index contributed by atoms with van der Waals surface area (Å²) >= 11 is 8.47. The van der Waals surface area contributed by atoms with Crippen LogP contribution in [0.3, 0.4) is 0 Å². The van der Waals surface area contributed by atoms with Gasteiger partial charge >= 0.3 is 0 Å². The summed E-state index contributed by atoms with van der Waals surface area (Å²) in [5.41, 5.74) is 8.31. The van der Waals surface area contributed by atoms with Crippen LogP contribution in [-0.4, -0.2) is 14.8 Å². The number of thiocarbonyl (C=S) groups is 1. The molecule has 0 saturated carbocycles. The molecule has 0 aliphatic heterocycles. The van der Waals surface area contributed by atoms with Crippen LogP contribution in [-0.2, 0) is 7.05 Å². The number of hydrogen-bond donors (Lipinski definition) is 2. The molecule has 4 nitrogen and oxygen atoms in total. The lowest BCUT2D eigenvalue weighted by Crippen LogP contribution is -2.12. The van der Waals surface area contributed by atoms with Gasteiger partial charge in [-0.3, -0.25) is 4.68 Å². The van der Waals surface area contributed by atoms with Crippen molar-refractivity contribution in [3.63, 3.8) is 0 Å². The monoisotopic (exact) mass is 324 g/mol. The molecule has 0 aliphatic carbocycles. The Kier molecular flexibility index (Phi) is 3.68. The molecule has 3 N–H and O–H groups in total. The molecular formula is C12H13BrN4S. The van der Waals surface area contributed by atoms with Gasteiger partial charge in [-0.25, -0.2) is 0 Å². The Hall–Kier alpha value is -1.40. The molecule has 0 fully saturated rings. The number of aryl methyl sites for hydroxylation is 2. The molecule has 0 bridgehead atoms. The number of benzene rings is 1. The fourth-order valence-electron chi connectivity index (χ4n) is 1.77. The molecule has 0 radical (unpaired) electrons. The standard InChI is InChI=1S/C12H13BrN4S/c1-7-10(11(14)18)12(17(2)16-7)15-9-5-3-8(13)4-6-9/h3-6,15H,1-2H3,(H2,14,18). The van der Waals surface area contributed by atoms with E-state index < -0.39 is 0 Å². The molecule has 1 aromatic carbocycles. The van der Waals surface area contributed by atoms with Crippen molar-refractivity contribution in [3.05, 3.63) is 40.0 Å². The lowest BCUT2D eigenvalue weighted by molar-refractivity contribution is 0.765. The Labute approximate surface area is 119 Å². The van der Waals surface area contributed by atoms with Gasteiger partial charge in [0.2, 0.25) is 0 Å². The number of anilines is 2. The van der Waals surface area contributed by atoms with Crippen molar-refractivity contribution in [2.75, 3.05) is 5.32 Å². The fraction of sp³-hybridized carbons (Fsp3) is 0.167. The van der Waals surface area contributed by atoms with E-state index in [9.17, 15) is 0 Å².